The number of carbonyl (C=O) groups is 1. The van der Waals surface area contributed by atoms with Gasteiger partial charge >= 0.3 is 0 Å². The lowest BCUT2D eigenvalue weighted by Gasteiger charge is -2.30. The first-order valence-corrected chi connectivity index (χ1v) is 10.1. The van der Waals surface area contributed by atoms with E-state index in [0.29, 0.717) is 6.42 Å². The lowest BCUT2D eigenvalue weighted by Crippen LogP contribution is -2.21. The van der Waals surface area contributed by atoms with Crippen LogP contribution in [-0.2, 0) is 10.2 Å². The summed E-state index contributed by atoms with van der Waals surface area (Å²) in [5, 5.41) is 2.58. The van der Waals surface area contributed by atoms with Gasteiger partial charge in [0.25, 0.3) is 0 Å². The molecule has 140 valence electrons. The van der Waals surface area contributed by atoms with Crippen LogP contribution in [0.4, 0.5) is 0 Å². The summed E-state index contributed by atoms with van der Waals surface area (Å²) >= 11 is 0. The summed E-state index contributed by atoms with van der Waals surface area (Å²) in [6, 6.07) is 15.4. The Hall–Kier alpha value is -1.89. The van der Waals surface area contributed by atoms with Crippen LogP contribution in [0.3, 0.4) is 0 Å². The van der Waals surface area contributed by atoms with Gasteiger partial charge in [0.1, 0.15) is 6.29 Å². The Labute approximate surface area is 159 Å². The molecule has 1 heteroatoms. The highest BCUT2D eigenvalue weighted by Gasteiger charge is 2.26. The minimum Gasteiger partial charge on any atom is -0.303 e. The maximum absolute atomic E-state index is 11.2. The Balaban J connectivity index is 2.38. The SMILES string of the molecule is CCCC[C@@](C)(/C=C/[C@](C)(CCC)c1ccc2ccccc2c1)CC=O. The van der Waals surface area contributed by atoms with Gasteiger partial charge in [-0.1, -0.05) is 102 Å². The van der Waals surface area contributed by atoms with Crippen molar-refractivity contribution in [1.82, 2.24) is 0 Å². The van der Waals surface area contributed by atoms with Crippen molar-refractivity contribution >= 4 is 17.1 Å². The highest BCUT2D eigenvalue weighted by Crippen LogP contribution is 2.36. The molecule has 26 heavy (non-hydrogen) atoms. The number of carbonyl (C=O) groups excluding carboxylic acids is 1. The van der Waals surface area contributed by atoms with Gasteiger partial charge in [0.15, 0.2) is 0 Å². The number of unbranched alkanes of at least 4 members (excludes halogenated alkanes) is 1. The van der Waals surface area contributed by atoms with Gasteiger partial charge in [0.05, 0.1) is 0 Å². The van der Waals surface area contributed by atoms with Crippen LogP contribution in [0.2, 0.25) is 0 Å². The summed E-state index contributed by atoms with van der Waals surface area (Å²) in [6.45, 7) is 9.01. The number of hydrogen-bond acceptors (Lipinski definition) is 1. The van der Waals surface area contributed by atoms with E-state index in [4.69, 9.17) is 0 Å². The highest BCUT2D eigenvalue weighted by atomic mass is 16.1. The van der Waals surface area contributed by atoms with E-state index in [2.05, 4.69) is 82.3 Å². The topological polar surface area (TPSA) is 17.1 Å². The maximum Gasteiger partial charge on any atom is 0.120 e. The van der Waals surface area contributed by atoms with Crippen LogP contribution in [-0.4, -0.2) is 6.29 Å². The molecular weight excluding hydrogens is 316 g/mol. The van der Waals surface area contributed by atoms with E-state index in [1.54, 1.807) is 0 Å². The minimum atomic E-state index is -0.0381. The summed E-state index contributed by atoms with van der Waals surface area (Å²) in [4.78, 5) is 11.2. The van der Waals surface area contributed by atoms with Crippen molar-refractivity contribution in [2.45, 2.75) is 71.6 Å². The average Bonchev–Trinajstić information content (AvgIpc) is 2.65. The zero-order valence-corrected chi connectivity index (χ0v) is 16.9. The number of aldehydes is 1. The van der Waals surface area contributed by atoms with Gasteiger partial charge in [-0.15, -0.1) is 0 Å². The van der Waals surface area contributed by atoms with Crippen molar-refractivity contribution in [2.24, 2.45) is 5.41 Å². The normalized spacial score (nSPS) is 16.5. The molecule has 2 aromatic carbocycles. The molecule has 2 atom stereocenters. The maximum atomic E-state index is 11.2. The molecule has 0 amide bonds. The van der Waals surface area contributed by atoms with Crippen molar-refractivity contribution in [3.8, 4) is 0 Å². The van der Waals surface area contributed by atoms with Gasteiger partial charge in [-0.25, -0.2) is 0 Å². The van der Waals surface area contributed by atoms with Crippen LogP contribution in [0.25, 0.3) is 10.8 Å². The number of hydrogen-bond donors (Lipinski definition) is 0. The molecule has 2 aromatic rings. The molecule has 0 saturated carbocycles. The van der Waals surface area contributed by atoms with Crippen LogP contribution in [0, 0.1) is 5.41 Å². The fourth-order valence-corrected chi connectivity index (χ4v) is 3.80. The summed E-state index contributed by atoms with van der Waals surface area (Å²) in [6.07, 6.45) is 12.0. The van der Waals surface area contributed by atoms with E-state index in [0.717, 1.165) is 32.0 Å². The van der Waals surface area contributed by atoms with Gasteiger partial charge in [-0.05, 0) is 34.6 Å². The van der Waals surface area contributed by atoms with Gasteiger partial charge < -0.3 is 4.79 Å². The van der Waals surface area contributed by atoms with Crippen LogP contribution < -0.4 is 0 Å². The number of allylic oxidation sites excluding steroid dienone is 2. The molecule has 0 radical (unpaired) electrons. The quantitative estimate of drug-likeness (QED) is 0.326. The molecule has 0 N–H and O–H groups in total. The molecular formula is C25H34O. The summed E-state index contributed by atoms with van der Waals surface area (Å²) in [5.41, 5.74) is 1.32. The molecule has 0 aromatic heterocycles. The molecule has 0 spiro atoms. The molecule has 0 fully saturated rings. The van der Waals surface area contributed by atoms with Crippen molar-refractivity contribution in [1.29, 1.82) is 0 Å². The molecule has 0 unspecified atom stereocenters. The predicted molar refractivity (Wildman–Crippen MR) is 114 cm³/mol. The molecule has 0 heterocycles. The summed E-state index contributed by atoms with van der Waals surface area (Å²) < 4.78 is 0. The second-order valence-corrected chi connectivity index (χ2v) is 8.19. The molecule has 0 aliphatic rings. The van der Waals surface area contributed by atoms with Gasteiger partial charge in [-0.3, -0.25) is 0 Å². The lowest BCUT2D eigenvalue weighted by atomic mass is 9.74. The number of rotatable bonds is 10. The van der Waals surface area contributed by atoms with E-state index >= 15 is 0 Å². The molecule has 0 bridgehead atoms. The van der Waals surface area contributed by atoms with E-state index in [1.165, 1.54) is 22.8 Å². The molecule has 0 saturated heterocycles. The Morgan fingerprint density at radius 3 is 2.27 bits per heavy atom. The van der Waals surface area contributed by atoms with Crippen LogP contribution in [0.15, 0.2) is 54.6 Å². The van der Waals surface area contributed by atoms with Crippen molar-refractivity contribution in [3.05, 3.63) is 60.2 Å². The molecule has 2 rings (SSSR count). The van der Waals surface area contributed by atoms with Gasteiger partial charge in [0, 0.05) is 11.8 Å². The van der Waals surface area contributed by atoms with Crippen molar-refractivity contribution in [3.63, 3.8) is 0 Å². The zero-order valence-electron chi connectivity index (χ0n) is 16.9. The third-order valence-corrected chi connectivity index (χ3v) is 5.68. The second kappa shape index (κ2) is 9.16. The van der Waals surface area contributed by atoms with Gasteiger partial charge in [-0.2, -0.15) is 0 Å². The van der Waals surface area contributed by atoms with E-state index < -0.39 is 0 Å². The Kier molecular flexibility index (Phi) is 7.20. The summed E-state index contributed by atoms with van der Waals surface area (Å²) in [5.74, 6) is 0. The molecule has 0 aliphatic carbocycles. The first-order chi connectivity index (χ1) is 12.5. The summed E-state index contributed by atoms with van der Waals surface area (Å²) in [7, 11) is 0. The van der Waals surface area contributed by atoms with E-state index in [1.807, 2.05) is 0 Å². The third kappa shape index (κ3) is 5.06. The smallest absolute Gasteiger partial charge is 0.120 e. The molecule has 0 aliphatic heterocycles. The largest absolute Gasteiger partial charge is 0.303 e. The van der Waals surface area contributed by atoms with E-state index in [-0.39, 0.29) is 10.8 Å². The zero-order chi connectivity index (χ0) is 19.0. The Morgan fingerprint density at radius 2 is 1.62 bits per heavy atom. The minimum absolute atomic E-state index is 0.00482. The predicted octanol–water partition coefficient (Wildman–Crippen LogP) is 7.24. The molecule has 1 nitrogen and oxygen atoms in total. The third-order valence-electron chi connectivity index (χ3n) is 5.68. The fourth-order valence-electron chi connectivity index (χ4n) is 3.80. The van der Waals surface area contributed by atoms with Crippen LogP contribution >= 0.6 is 0 Å². The number of fused-ring (bicyclic) bond motifs is 1. The first kappa shape index (κ1) is 20.4. The Bertz CT molecular complexity index is 745. The Morgan fingerprint density at radius 1 is 0.885 bits per heavy atom. The monoisotopic (exact) mass is 350 g/mol. The number of benzene rings is 2. The van der Waals surface area contributed by atoms with Crippen LogP contribution in [0.5, 0.6) is 0 Å². The van der Waals surface area contributed by atoms with Crippen molar-refractivity contribution in [2.75, 3.05) is 0 Å². The average molecular weight is 351 g/mol. The van der Waals surface area contributed by atoms with Crippen molar-refractivity contribution < 1.29 is 4.79 Å². The lowest BCUT2D eigenvalue weighted by molar-refractivity contribution is -0.109. The second-order valence-electron chi connectivity index (χ2n) is 8.19. The van der Waals surface area contributed by atoms with Gasteiger partial charge in [0.2, 0.25) is 0 Å². The van der Waals surface area contributed by atoms with Crippen LogP contribution in [0.1, 0.15) is 71.8 Å². The first-order valence-electron chi connectivity index (χ1n) is 10.1. The standard InChI is InChI=1S/C25H34O/c1-5-7-15-24(3,18-19-26)16-17-25(4,14-6-2)23-13-12-21-10-8-9-11-22(21)20-23/h8-13,16-17,19-20H,5-7,14-15,18H2,1-4H3/b17-16+/t24-,25-/m0/s1. The fraction of sp³-hybridized carbons (Fsp3) is 0.480. The van der Waals surface area contributed by atoms with E-state index in [9.17, 15) is 4.79 Å². The highest BCUT2D eigenvalue weighted by molar-refractivity contribution is 5.83.